The van der Waals surface area contributed by atoms with Crippen LogP contribution in [-0.2, 0) is 4.79 Å². The van der Waals surface area contributed by atoms with E-state index in [0.29, 0.717) is 12.5 Å². The number of rotatable bonds is 4. The van der Waals surface area contributed by atoms with Crippen molar-refractivity contribution in [2.45, 2.75) is 35.1 Å². The largest absolute Gasteiger partial charge is 0.341 e. The lowest BCUT2D eigenvalue weighted by Gasteiger charge is -2.37. The molecule has 0 aromatic heterocycles. The molecule has 142 valence electrons. The molecule has 2 aromatic rings. The summed E-state index contributed by atoms with van der Waals surface area (Å²) in [5, 5.41) is 0. The second kappa shape index (κ2) is 7.95. The lowest BCUT2D eigenvalue weighted by atomic mass is 10.0. The Morgan fingerprint density at radius 3 is 2.33 bits per heavy atom. The summed E-state index contributed by atoms with van der Waals surface area (Å²) in [5.74, 6) is 0.273. The van der Waals surface area contributed by atoms with E-state index in [1.165, 1.54) is 27.6 Å². The number of piperidine rings is 1. The van der Waals surface area contributed by atoms with Gasteiger partial charge in [-0.15, -0.1) is 0 Å². The normalized spacial score (nSPS) is 19.0. The van der Waals surface area contributed by atoms with Crippen LogP contribution in [0.25, 0.3) is 0 Å². The average molecular weight is 382 g/mol. The summed E-state index contributed by atoms with van der Waals surface area (Å²) >= 11 is 1.81. The summed E-state index contributed by atoms with van der Waals surface area (Å²) in [6.07, 6.45) is 2.83. The van der Waals surface area contributed by atoms with Crippen LogP contribution in [0, 0.1) is 0 Å². The van der Waals surface area contributed by atoms with Crippen LogP contribution in [0.2, 0.25) is 0 Å². The minimum atomic E-state index is 0.273. The van der Waals surface area contributed by atoms with Gasteiger partial charge in [0.1, 0.15) is 0 Å². The fraction of sp³-hybridized carbons (Fsp3) is 0.409. The van der Waals surface area contributed by atoms with Gasteiger partial charge in [-0.2, -0.15) is 0 Å². The monoisotopic (exact) mass is 381 g/mol. The van der Waals surface area contributed by atoms with E-state index in [0.717, 1.165) is 26.1 Å². The van der Waals surface area contributed by atoms with Crippen molar-refractivity contribution in [2.75, 3.05) is 38.6 Å². The van der Waals surface area contributed by atoms with Crippen LogP contribution in [0.1, 0.15) is 19.3 Å². The van der Waals surface area contributed by atoms with Crippen molar-refractivity contribution < 1.29 is 4.79 Å². The van der Waals surface area contributed by atoms with Crippen molar-refractivity contribution in [3.05, 3.63) is 48.5 Å². The predicted octanol–water partition coefficient (Wildman–Crippen LogP) is 4.23. The molecule has 1 amide bonds. The number of fused-ring (bicyclic) bond motifs is 2. The van der Waals surface area contributed by atoms with Crippen molar-refractivity contribution in [1.29, 1.82) is 0 Å². The molecule has 0 radical (unpaired) electrons. The maximum absolute atomic E-state index is 12.9. The van der Waals surface area contributed by atoms with E-state index in [1.807, 2.05) is 11.8 Å². The highest BCUT2D eigenvalue weighted by Crippen LogP contribution is 2.47. The summed E-state index contributed by atoms with van der Waals surface area (Å²) in [5.41, 5.74) is 2.41. The second-order valence-electron chi connectivity index (χ2n) is 7.54. The second-order valence-corrected chi connectivity index (χ2v) is 8.62. The topological polar surface area (TPSA) is 26.8 Å². The van der Waals surface area contributed by atoms with Crippen LogP contribution in [0.15, 0.2) is 58.3 Å². The highest BCUT2D eigenvalue weighted by molar-refractivity contribution is 7.99. The van der Waals surface area contributed by atoms with E-state index in [4.69, 9.17) is 0 Å². The van der Waals surface area contributed by atoms with E-state index in [-0.39, 0.29) is 5.91 Å². The van der Waals surface area contributed by atoms with Gasteiger partial charge in [-0.1, -0.05) is 36.0 Å². The van der Waals surface area contributed by atoms with Crippen LogP contribution in [0.4, 0.5) is 11.4 Å². The highest BCUT2D eigenvalue weighted by Gasteiger charge is 2.27. The van der Waals surface area contributed by atoms with Gasteiger partial charge in [-0.25, -0.2) is 0 Å². The van der Waals surface area contributed by atoms with Crippen molar-refractivity contribution in [1.82, 2.24) is 9.80 Å². The van der Waals surface area contributed by atoms with Gasteiger partial charge in [-0.05, 0) is 51.2 Å². The van der Waals surface area contributed by atoms with Crippen molar-refractivity contribution in [2.24, 2.45) is 0 Å². The average Bonchev–Trinajstić information content (AvgIpc) is 2.71. The van der Waals surface area contributed by atoms with Crippen molar-refractivity contribution in [3.8, 4) is 0 Å². The third-order valence-corrected chi connectivity index (χ3v) is 6.69. The zero-order valence-electron chi connectivity index (χ0n) is 16.1. The number of carbonyl (C=O) groups is 1. The Morgan fingerprint density at radius 1 is 1.07 bits per heavy atom. The SMILES string of the molecule is CN(C)C1CCCN(C(=O)CCN2c3ccccc3Sc3ccccc32)C1. The van der Waals surface area contributed by atoms with E-state index in [9.17, 15) is 4.79 Å². The molecule has 1 atom stereocenters. The van der Waals surface area contributed by atoms with Gasteiger partial charge < -0.3 is 14.7 Å². The number of likely N-dealkylation sites (N-methyl/N-ethyl adjacent to an activating group) is 1. The number of hydrogen-bond acceptors (Lipinski definition) is 4. The number of para-hydroxylation sites is 2. The molecule has 4 rings (SSSR count). The quantitative estimate of drug-likeness (QED) is 0.792. The number of carbonyl (C=O) groups excluding carboxylic acids is 1. The first kappa shape index (κ1) is 18.4. The molecule has 0 bridgehead atoms. The first-order chi connectivity index (χ1) is 13.1. The third-order valence-electron chi connectivity index (χ3n) is 5.56. The van der Waals surface area contributed by atoms with Crippen LogP contribution in [0.5, 0.6) is 0 Å². The standard InChI is InChI=1S/C22H27N3OS/c1-23(2)17-8-7-14-24(16-17)22(26)13-15-25-18-9-3-5-11-20(18)27-21-12-6-4-10-19(21)25/h3-6,9-12,17H,7-8,13-16H2,1-2H3. The fourth-order valence-electron chi connectivity index (χ4n) is 3.99. The predicted molar refractivity (Wildman–Crippen MR) is 112 cm³/mol. The van der Waals surface area contributed by atoms with Gasteiger partial charge in [0, 0.05) is 41.9 Å². The van der Waals surface area contributed by atoms with E-state index >= 15 is 0 Å². The molecule has 27 heavy (non-hydrogen) atoms. The zero-order chi connectivity index (χ0) is 18.8. The lowest BCUT2D eigenvalue weighted by molar-refractivity contribution is -0.132. The number of amides is 1. The molecule has 0 N–H and O–H groups in total. The molecule has 1 unspecified atom stereocenters. The molecule has 4 nitrogen and oxygen atoms in total. The summed E-state index contributed by atoms with van der Waals surface area (Å²) in [4.78, 5) is 22.0. The molecule has 2 aliphatic rings. The maximum atomic E-state index is 12.9. The Morgan fingerprint density at radius 2 is 1.70 bits per heavy atom. The number of hydrogen-bond donors (Lipinski definition) is 0. The zero-order valence-corrected chi connectivity index (χ0v) is 16.9. The van der Waals surface area contributed by atoms with E-state index in [1.54, 1.807) is 0 Å². The van der Waals surface area contributed by atoms with Gasteiger partial charge >= 0.3 is 0 Å². The third kappa shape index (κ3) is 3.85. The Hall–Kier alpha value is -1.98. The molecule has 0 spiro atoms. The first-order valence-corrected chi connectivity index (χ1v) is 10.5. The summed E-state index contributed by atoms with van der Waals surface area (Å²) in [6.45, 7) is 2.47. The number of anilines is 2. The Bertz CT molecular complexity index is 777. The molecule has 0 saturated carbocycles. The Balaban J connectivity index is 1.49. The van der Waals surface area contributed by atoms with E-state index in [2.05, 4.69) is 77.3 Å². The van der Waals surface area contributed by atoms with E-state index < -0.39 is 0 Å². The Kier molecular flexibility index (Phi) is 5.41. The van der Waals surface area contributed by atoms with Crippen molar-refractivity contribution in [3.63, 3.8) is 0 Å². The highest BCUT2D eigenvalue weighted by atomic mass is 32.2. The molecule has 0 aliphatic carbocycles. The van der Waals surface area contributed by atoms with Gasteiger partial charge in [0.15, 0.2) is 0 Å². The number of likely N-dealkylation sites (tertiary alicyclic amines) is 1. The summed E-state index contributed by atoms with van der Waals surface area (Å²) in [7, 11) is 4.22. The minimum absolute atomic E-state index is 0.273. The smallest absolute Gasteiger partial charge is 0.224 e. The Labute approximate surface area is 166 Å². The van der Waals surface area contributed by atoms with Crippen LogP contribution < -0.4 is 4.90 Å². The van der Waals surface area contributed by atoms with Crippen LogP contribution in [-0.4, -0.2) is 55.5 Å². The number of benzene rings is 2. The minimum Gasteiger partial charge on any atom is -0.341 e. The molecule has 1 fully saturated rings. The first-order valence-electron chi connectivity index (χ1n) is 9.71. The molecule has 1 saturated heterocycles. The maximum Gasteiger partial charge on any atom is 0.224 e. The molecule has 2 aliphatic heterocycles. The molecule has 5 heteroatoms. The van der Waals surface area contributed by atoms with Gasteiger partial charge in [0.25, 0.3) is 0 Å². The summed E-state index contributed by atoms with van der Waals surface area (Å²) < 4.78 is 0. The van der Waals surface area contributed by atoms with Crippen LogP contribution >= 0.6 is 11.8 Å². The summed E-state index contributed by atoms with van der Waals surface area (Å²) in [6, 6.07) is 17.4. The molecular formula is C22H27N3OS. The van der Waals surface area contributed by atoms with Gasteiger partial charge in [0.05, 0.1) is 11.4 Å². The van der Waals surface area contributed by atoms with Gasteiger partial charge in [0.2, 0.25) is 5.91 Å². The lowest BCUT2D eigenvalue weighted by Crippen LogP contribution is -2.48. The van der Waals surface area contributed by atoms with Gasteiger partial charge in [-0.3, -0.25) is 4.79 Å². The van der Waals surface area contributed by atoms with Crippen LogP contribution in [0.3, 0.4) is 0 Å². The number of nitrogens with zero attached hydrogens (tertiary/aromatic N) is 3. The molecular weight excluding hydrogens is 354 g/mol. The molecule has 2 heterocycles. The fourth-order valence-corrected chi connectivity index (χ4v) is 5.09. The van der Waals surface area contributed by atoms with Crippen molar-refractivity contribution >= 4 is 29.0 Å². The molecule has 2 aromatic carbocycles.